The van der Waals surface area contributed by atoms with Gasteiger partial charge in [0.2, 0.25) is 0 Å². The second kappa shape index (κ2) is 10.0. The molecule has 0 saturated heterocycles. The van der Waals surface area contributed by atoms with Crippen LogP contribution in [-0.2, 0) is 0 Å². The van der Waals surface area contributed by atoms with Crippen LogP contribution in [0.15, 0.2) is 59.5 Å². The fourth-order valence-electron chi connectivity index (χ4n) is 2.35. The molecule has 3 nitrogen and oxygen atoms in total. The second-order valence-corrected chi connectivity index (χ2v) is 6.87. The van der Waals surface area contributed by atoms with Gasteiger partial charge in [0.05, 0.1) is 6.61 Å². The third kappa shape index (κ3) is 6.28. The highest BCUT2D eigenvalue weighted by Gasteiger charge is 2.09. The van der Waals surface area contributed by atoms with Crippen LogP contribution in [0.1, 0.15) is 37.0 Å². The summed E-state index contributed by atoms with van der Waals surface area (Å²) >= 11 is 1.77. The molecule has 4 heteroatoms. The first kappa shape index (κ1) is 18.4. The molecule has 0 heterocycles. The van der Waals surface area contributed by atoms with Crippen LogP contribution in [0, 0.1) is 0 Å². The molecular weight excluding hydrogens is 318 g/mol. The minimum Gasteiger partial charge on any atom is -0.493 e. The molecule has 24 heavy (non-hydrogen) atoms. The summed E-state index contributed by atoms with van der Waals surface area (Å²) in [6.45, 7) is 4.78. The number of nitrogens with one attached hydrogen (secondary N) is 1. The predicted molar refractivity (Wildman–Crippen MR) is 101 cm³/mol. The predicted octanol–water partition coefficient (Wildman–Crippen LogP) is 4.78. The van der Waals surface area contributed by atoms with E-state index in [4.69, 9.17) is 4.74 Å². The molecule has 2 aromatic carbocycles. The molecule has 1 atom stereocenters. The third-order valence-corrected chi connectivity index (χ3v) is 4.56. The standard InChI is InChI=1S/C20H25NO2S/c1-3-7-16(2)21-20(22)17-10-12-18(13-11-17)23-14-15-24-19-8-5-4-6-9-19/h4-6,8-13,16H,3,7,14-15H2,1-2H3,(H,21,22)/t16-/m0/s1. The SMILES string of the molecule is CCC[C@H](C)NC(=O)c1ccc(OCCSc2ccccc2)cc1. The van der Waals surface area contributed by atoms with Gasteiger partial charge in [-0.05, 0) is 49.7 Å². The van der Waals surface area contributed by atoms with Gasteiger partial charge in [0.1, 0.15) is 5.75 Å². The Labute approximate surface area is 148 Å². The van der Waals surface area contributed by atoms with Crippen LogP contribution in [0.5, 0.6) is 5.75 Å². The minimum atomic E-state index is -0.0258. The number of benzene rings is 2. The quantitative estimate of drug-likeness (QED) is 0.526. The summed E-state index contributed by atoms with van der Waals surface area (Å²) in [5, 5.41) is 3.00. The Morgan fingerprint density at radius 1 is 1.12 bits per heavy atom. The van der Waals surface area contributed by atoms with E-state index in [0.717, 1.165) is 24.3 Å². The highest BCUT2D eigenvalue weighted by Crippen LogP contribution is 2.18. The van der Waals surface area contributed by atoms with Crippen LogP contribution in [0.3, 0.4) is 0 Å². The molecule has 0 fully saturated rings. The van der Waals surface area contributed by atoms with Crippen molar-refractivity contribution in [1.82, 2.24) is 5.32 Å². The van der Waals surface area contributed by atoms with Crippen LogP contribution >= 0.6 is 11.8 Å². The van der Waals surface area contributed by atoms with Gasteiger partial charge in [-0.1, -0.05) is 31.5 Å². The van der Waals surface area contributed by atoms with E-state index in [1.54, 1.807) is 11.8 Å². The van der Waals surface area contributed by atoms with E-state index < -0.39 is 0 Å². The van der Waals surface area contributed by atoms with E-state index >= 15 is 0 Å². The van der Waals surface area contributed by atoms with Gasteiger partial charge in [-0.3, -0.25) is 4.79 Å². The van der Waals surface area contributed by atoms with Crippen LogP contribution in [-0.4, -0.2) is 24.3 Å². The van der Waals surface area contributed by atoms with E-state index in [1.165, 1.54) is 4.90 Å². The van der Waals surface area contributed by atoms with Gasteiger partial charge in [0.25, 0.3) is 5.91 Å². The van der Waals surface area contributed by atoms with Gasteiger partial charge in [0, 0.05) is 22.3 Å². The van der Waals surface area contributed by atoms with Crippen molar-refractivity contribution in [3.63, 3.8) is 0 Å². The zero-order valence-corrected chi connectivity index (χ0v) is 15.1. The maximum atomic E-state index is 12.1. The first-order chi connectivity index (χ1) is 11.7. The number of carbonyl (C=O) groups is 1. The summed E-state index contributed by atoms with van der Waals surface area (Å²) in [6.07, 6.45) is 2.06. The van der Waals surface area contributed by atoms with E-state index in [2.05, 4.69) is 24.4 Å². The van der Waals surface area contributed by atoms with E-state index in [0.29, 0.717) is 12.2 Å². The Kier molecular flexibility index (Phi) is 7.69. The normalized spacial score (nSPS) is 11.8. The van der Waals surface area contributed by atoms with Gasteiger partial charge >= 0.3 is 0 Å². The van der Waals surface area contributed by atoms with E-state index in [1.807, 2.05) is 49.4 Å². The molecule has 0 radical (unpaired) electrons. The van der Waals surface area contributed by atoms with Crippen LogP contribution in [0.25, 0.3) is 0 Å². The monoisotopic (exact) mass is 343 g/mol. The molecule has 0 aliphatic heterocycles. The molecule has 0 aromatic heterocycles. The molecule has 1 amide bonds. The number of hydrogen-bond acceptors (Lipinski definition) is 3. The van der Waals surface area contributed by atoms with Crippen molar-refractivity contribution in [1.29, 1.82) is 0 Å². The van der Waals surface area contributed by atoms with Gasteiger partial charge in [-0.25, -0.2) is 0 Å². The number of thioether (sulfide) groups is 1. The second-order valence-electron chi connectivity index (χ2n) is 5.70. The van der Waals surface area contributed by atoms with E-state index in [9.17, 15) is 4.79 Å². The summed E-state index contributed by atoms with van der Waals surface area (Å²) in [5.74, 6) is 1.66. The van der Waals surface area contributed by atoms with Crippen molar-refractivity contribution >= 4 is 17.7 Å². The zero-order valence-electron chi connectivity index (χ0n) is 14.3. The number of hydrogen-bond donors (Lipinski definition) is 1. The van der Waals surface area contributed by atoms with Crippen molar-refractivity contribution < 1.29 is 9.53 Å². The average Bonchev–Trinajstić information content (AvgIpc) is 2.60. The number of carbonyl (C=O) groups excluding carboxylic acids is 1. The average molecular weight is 343 g/mol. The zero-order chi connectivity index (χ0) is 17.2. The number of ether oxygens (including phenoxy) is 1. The van der Waals surface area contributed by atoms with Crippen molar-refractivity contribution in [3.05, 3.63) is 60.2 Å². The lowest BCUT2D eigenvalue weighted by Gasteiger charge is -2.13. The summed E-state index contributed by atoms with van der Waals surface area (Å²) in [7, 11) is 0. The molecule has 0 aliphatic rings. The lowest BCUT2D eigenvalue weighted by molar-refractivity contribution is 0.0938. The van der Waals surface area contributed by atoms with Crippen LogP contribution in [0.4, 0.5) is 0 Å². The maximum absolute atomic E-state index is 12.1. The van der Waals surface area contributed by atoms with Gasteiger partial charge in [-0.15, -0.1) is 11.8 Å². The van der Waals surface area contributed by atoms with Gasteiger partial charge in [0.15, 0.2) is 0 Å². The summed E-state index contributed by atoms with van der Waals surface area (Å²) in [6, 6.07) is 17.8. The molecular formula is C20H25NO2S. The Hall–Kier alpha value is -1.94. The summed E-state index contributed by atoms with van der Waals surface area (Å²) in [5.41, 5.74) is 0.670. The molecule has 0 spiro atoms. The molecule has 128 valence electrons. The van der Waals surface area contributed by atoms with Gasteiger partial charge in [-0.2, -0.15) is 0 Å². The van der Waals surface area contributed by atoms with Gasteiger partial charge < -0.3 is 10.1 Å². The molecule has 0 aliphatic carbocycles. The number of rotatable bonds is 9. The molecule has 0 unspecified atom stereocenters. The van der Waals surface area contributed by atoms with Crippen molar-refractivity contribution in [2.75, 3.05) is 12.4 Å². The minimum absolute atomic E-state index is 0.0258. The molecule has 0 saturated carbocycles. The molecule has 2 rings (SSSR count). The first-order valence-corrected chi connectivity index (χ1v) is 9.39. The topological polar surface area (TPSA) is 38.3 Å². The van der Waals surface area contributed by atoms with Crippen molar-refractivity contribution in [3.8, 4) is 5.75 Å². The summed E-state index contributed by atoms with van der Waals surface area (Å²) in [4.78, 5) is 13.3. The Morgan fingerprint density at radius 2 is 1.83 bits per heavy atom. The lowest BCUT2D eigenvalue weighted by Crippen LogP contribution is -2.32. The number of amides is 1. The van der Waals surface area contributed by atoms with Crippen LogP contribution in [0.2, 0.25) is 0 Å². The molecule has 1 N–H and O–H groups in total. The van der Waals surface area contributed by atoms with Crippen molar-refractivity contribution in [2.24, 2.45) is 0 Å². The third-order valence-electron chi connectivity index (χ3n) is 3.58. The van der Waals surface area contributed by atoms with Crippen LogP contribution < -0.4 is 10.1 Å². The van der Waals surface area contributed by atoms with E-state index in [-0.39, 0.29) is 11.9 Å². The molecule has 0 bridgehead atoms. The Morgan fingerprint density at radius 3 is 2.50 bits per heavy atom. The smallest absolute Gasteiger partial charge is 0.251 e. The lowest BCUT2D eigenvalue weighted by atomic mass is 10.1. The fourth-order valence-corrected chi connectivity index (χ4v) is 3.10. The Balaban J connectivity index is 1.74. The first-order valence-electron chi connectivity index (χ1n) is 8.40. The Bertz CT molecular complexity index is 613. The highest BCUT2D eigenvalue weighted by molar-refractivity contribution is 7.99. The fraction of sp³-hybridized carbons (Fsp3) is 0.350. The molecule has 2 aromatic rings. The highest BCUT2D eigenvalue weighted by atomic mass is 32.2. The van der Waals surface area contributed by atoms with Crippen molar-refractivity contribution in [2.45, 2.75) is 37.6 Å². The summed E-state index contributed by atoms with van der Waals surface area (Å²) < 4.78 is 5.73. The maximum Gasteiger partial charge on any atom is 0.251 e. The largest absolute Gasteiger partial charge is 0.493 e.